The van der Waals surface area contributed by atoms with Crippen LogP contribution in [0.5, 0.6) is 0 Å². The Kier molecular flexibility index (Phi) is 3.74. The maximum Gasteiger partial charge on any atom is 0.131 e. The largest absolute Gasteiger partial charge is 0.356 e. The molecule has 0 bridgehead atoms. The van der Waals surface area contributed by atoms with Crippen molar-refractivity contribution in [2.75, 3.05) is 31.1 Å². The maximum absolute atomic E-state index is 4.77. The lowest BCUT2D eigenvalue weighted by molar-refractivity contribution is 0.271. The molecule has 1 aromatic rings. The first-order chi connectivity index (χ1) is 9.29. The van der Waals surface area contributed by atoms with E-state index in [1.807, 2.05) is 0 Å². The fourth-order valence-electron chi connectivity index (χ4n) is 3.61. The number of aryl methyl sites for hydroxylation is 1. The minimum Gasteiger partial charge on any atom is -0.356 e. The van der Waals surface area contributed by atoms with Gasteiger partial charge in [0.1, 0.15) is 5.82 Å². The molecule has 19 heavy (non-hydrogen) atoms. The van der Waals surface area contributed by atoms with E-state index >= 15 is 0 Å². The highest BCUT2D eigenvalue weighted by molar-refractivity contribution is 5.48. The summed E-state index contributed by atoms with van der Waals surface area (Å²) >= 11 is 0. The van der Waals surface area contributed by atoms with Gasteiger partial charge in [0.25, 0.3) is 0 Å². The van der Waals surface area contributed by atoms with Crippen LogP contribution in [0.25, 0.3) is 0 Å². The van der Waals surface area contributed by atoms with Crippen LogP contribution in [0.4, 0.5) is 5.82 Å². The summed E-state index contributed by atoms with van der Waals surface area (Å²) in [6.45, 7) is 9.23. The molecule has 0 aliphatic carbocycles. The van der Waals surface area contributed by atoms with E-state index in [0.717, 1.165) is 6.54 Å². The summed E-state index contributed by atoms with van der Waals surface area (Å²) in [5, 5.41) is 0. The van der Waals surface area contributed by atoms with Crippen molar-refractivity contribution >= 4 is 5.82 Å². The number of anilines is 1. The Morgan fingerprint density at radius 2 is 2.00 bits per heavy atom. The molecule has 3 nitrogen and oxygen atoms in total. The third-order valence-corrected chi connectivity index (χ3v) is 4.63. The molecule has 2 saturated heterocycles. The van der Waals surface area contributed by atoms with Crippen molar-refractivity contribution in [2.45, 2.75) is 45.6 Å². The molecule has 1 unspecified atom stereocenters. The molecule has 2 aliphatic rings. The summed E-state index contributed by atoms with van der Waals surface area (Å²) in [6, 6.07) is 2.98. The van der Waals surface area contributed by atoms with Crippen LogP contribution in [0.3, 0.4) is 0 Å². The lowest BCUT2D eigenvalue weighted by Gasteiger charge is -2.25. The lowest BCUT2D eigenvalue weighted by atomic mass is 10.0. The Morgan fingerprint density at radius 3 is 2.68 bits per heavy atom. The second-order valence-electron chi connectivity index (χ2n) is 5.89. The maximum atomic E-state index is 4.77. The van der Waals surface area contributed by atoms with Crippen molar-refractivity contribution in [1.29, 1.82) is 0 Å². The van der Waals surface area contributed by atoms with Crippen LogP contribution in [-0.2, 0) is 0 Å². The molecular formula is C16H25N3. The lowest BCUT2D eigenvalue weighted by Crippen LogP contribution is -2.24. The van der Waals surface area contributed by atoms with Gasteiger partial charge in [-0.3, -0.25) is 4.90 Å². The second-order valence-corrected chi connectivity index (χ2v) is 5.89. The highest BCUT2D eigenvalue weighted by Crippen LogP contribution is 2.33. The third kappa shape index (κ3) is 2.48. The topological polar surface area (TPSA) is 19.4 Å². The number of nitrogens with zero attached hydrogens (tertiary/aromatic N) is 3. The molecule has 1 aromatic heterocycles. The van der Waals surface area contributed by atoms with E-state index < -0.39 is 0 Å². The van der Waals surface area contributed by atoms with Crippen molar-refractivity contribution in [3.63, 3.8) is 0 Å². The summed E-state index contributed by atoms with van der Waals surface area (Å²) in [6.07, 6.45) is 7.37. The van der Waals surface area contributed by atoms with Crippen molar-refractivity contribution in [3.05, 3.63) is 23.4 Å². The van der Waals surface area contributed by atoms with Gasteiger partial charge in [-0.2, -0.15) is 0 Å². The Morgan fingerprint density at radius 1 is 1.21 bits per heavy atom. The van der Waals surface area contributed by atoms with Gasteiger partial charge in [-0.05, 0) is 62.9 Å². The zero-order valence-electron chi connectivity index (χ0n) is 12.2. The van der Waals surface area contributed by atoms with Crippen LogP contribution >= 0.6 is 0 Å². The zero-order chi connectivity index (χ0) is 13.2. The number of hydrogen-bond donors (Lipinski definition) is 0. The van der Waals surface area contributed by atoms with Gasteiger partial charge in [-0.1, -0.05) is 6.92 Å². The molecule has 0 radical (unpaired) electrons. The molecule has 0 amide bonds. The molecule has 0 saturated carbocycles. The van der Waals surface area contributed by atoms with Crippen LogP contribution in [0.15, 0.2) is 12.3 Å². The normalized spacial score (nSPS) is 24.3. The van der Waals surface area contributed by atoms with Gasteiger partial charge in [-0.25, -0.2) is 4.98 Å². The van der Waals surface area contributed by atoms with E-state index in [4.69, 9.17) is 4.98 Å². The Hall–Kier alpha value is -1.09. The van der Waals surface area contributed by atoms with E-state index in [1.54, 1.807) is 0 Å². The molecule has 0 aromatic carbocycles. The van der Waals surface area contributed by atoms with Gasteiger partial charge in [-0.15, -0.1) is 0 Å². The Bertz CT molecular complexity index is 438. The smallest absolute Gasteiger partial charge is 0.131 e. The van der Waals surface area contributed by atoms with Crippen LogP contribution in [0, 0.1) is 6.92 Å². The first kappa shape index (κ1) is 12.9. The van der Waals surface area contributed by atoms with Crippen molar-refractivity contribution < 1.29 is 0 Å². The SMILES string of the molecule is CCN1CCCC1c1cnc(N2CCCC2)c(C)c1. The summed E-state index contributed by atoms with van der Waals surface area (Å²) < 4.78 is 0. The van der Waals surface area contributed by atoms with E-state index in [0.29, 0.717) is 6.04 Å². The second kappa shape index (κ2) is 5.49. The van der Waals surface area contributed by atoms with Crippen LogP contribution in [-0.4, -0.2) is 36.1 Å². The summed E-state index contributed by atoms with van der Waals surface area (Å²) in [5.41, 5.74) is 2.77. The number of hydrogen-bond acceptors (Lipinski definition) is 3. The van der Waals surface area contributed by atoms with E-state index in [9.17, 15) is 0 Å². The molecule has 0 N–H and O–H groups in total. The first-order valence-electron chi connectivity index (χ1n) is 7.75. The highest BCUT2D eigenvalue weighted by atomic mass is 15.2. The predicted molar refractivity (Wildman–Crippen MR) is 79.6 cm³/mol. The molecule has 2 fully saturated rings. The Balaban J connectivity index is 1.82. The Labute approximate surface area is 116 Å². The number of likely N-dealkylation sites (tertiary alicyclic amines) is 1. The van der Waals surface area contributed by atoms with Gasteiger partial charge < -0.3 is 4.90 Å². The van der Waals surface area contributed by atoms with E-state index in [-0.39, 0.29) is 0 Å². The molecule has 104 valence electrons. The molecule has 1 atom stereocenters. The number of pyridine rings is 1. The minimum absolute atomic E-state index is 0.601. The summed E-state index contributed by atoms with van der Waals surface area (Å²) in [4.78, 5) is 9.78. The summed E-state index contributed by atoms with van der Waals surface area (Å²) in [7, 11) is 0. The van der Waals surface area contributed by atoms with Crippen LogP contribution in [0.2, 0.25) is 0 Å². The van der Waals surface area contributed by atoms with Gasteiger partial charge in [0.2, 0.25) is 0 Å². The van der Waals surface area contributed by atoms with Crippen molar-refractivity contribution in [1.82, 2.24) is 9.88 Å². The van der Waals surface area contributed by atoms with Crippen molar-refractivity contribution in [2.24, 2.45) is 0 Å². The predicted octanol–water partition coefficient (Wildman–Crippen LogP) is 3.15. The van der Waals surface area contributed by atoms with Gasteiger partial charge in [0.15, 0.2) is 0 Å². The molecular weight excluding hydrogens is 234 g/mol. The standard InChI is InChI=1S/C16H25N3/c1-3-18-10-6-7-15(18)14-11-13(2)16(17-12-14)19-8-4-5-9-19/h11-12,15H,3-10H2,1-2H3. The molecule has 3 heteroatoms. The average Bonchev–Trinajstić information content (AvgIpc) is 3.09. The quantitative estimate of drug-likeness (QED) is 0.831. The highest BCUT2D eigenvalue weighted by Gasteiger charge is 2.25. The minimum atomic E-state index is 0.601. The zero-order valence-corrected chi connectivity index (χ0v) is 12.2. The van der Waals surface area contributed by atoms with Crippen LogP contribution < -0.4 is 4.90 Å². The van der Waals surface area contributed by atoms with Gasteiger partial charge >= 0.3 is 0 Å². The molecule has 3 heterocycles. The fourth-order valence-corrected chi connectivity index (χ4v) is 3.61. The van der Waals surface area contributed by atoms with Gasteiger partial charge in [0, 0.05) is 25.3 Å². The third-order valence-electron chi connectivity index (χ3n) is 4.63. The van der Waals surface area contributed by atoms with E-state index in [1.165, 1.54) is 62.3 Å². The average molecular weight is 259 g/mol. The first-order valence-corrected chi connectivity index (χ1v) is 7.75. The number of rotatable bonds is 3. The summed E-state index contributed by atoms with van der Waals surface area (Å²) in [5.74, 6) is 1.21. The molecule has 2 aliphatic heterocycles. The van der Waals surface area contributed by atoms with E-state index in [2.05, 4.69) is 35.9 Å². The number of aromatic nitrogens is 1. The van der Waals surface area contributed by atoms with Crippen molar-refractivity contribution in [3.8, 4) is 0 Å². The molecule has 0 spiro atoms. The monoisotopic (exact) mass is 259 g/mol. The van der Waals surface area contributed by atoms with Gasteiger partial charge in [0.05, 0.1) is 0 Å². The fraction of sp³-hybridized carbons (Fsp3) is 0.688. The van der Waals surface area contributed by atoms with Crippen LogP contribution in [0.1, 0.15) is 49.8 Å². The molecule has 3 rings (SSSR count).